The summed E-state index contributed by atoms with van der Waals surface area (Å²) in [7, 11) is 0. The molecule has 13 heavy (non-hydrogen) atoms. The molecule has 5 heteroatoms. The molecule has 0 bridgehead atoms. The fraction of sp³-hybridized carbons (Fsp3) is 0. The first-order valence-electron chi connectivity index (χ1n) is 3.72. The van der Waals surface area contributed by atoms with E-state index in [9.17, 15) is 5.11 Å². The lowest BCUT2D eigenvalue weighted by Gasteiger charge is -2.02. The molecule has 0 aliphatic rings. The number of rotatable bonds is 1. The maximum absolute atomic E-state index is 9.31. The second-order valence-corrected chi connectivity index (χ2v) is 2.59. The summed E-state index contributed by atoms with van der Waals surface area (Å²) in [5.41, 5.74) is 6.52. The maximum Gasteiger partial charge on any atom is 0.140 e. The normalized spacial score (nSPS) is 10.2. The molecule has 66 valence electrons. The summed E-state index contributed by atoms with van der Waals surface area (Å²) in [5.74, 6) is 0.0491. The third-order valence-corrected chi connectivity index (χ3v) is 1.70. The summed E-state index contributed by atoms with van der Waals surface area (Å²) in [6.45, 7) is 0. The van der Waals surface area contributed by atoms with Crippen molar-refractivity contribution in [3.05, 3.63) is 30.6 Å². The van der Waals surface area contributed by atoms with Crippen molar-refractivity contribution in [3.63, 3.8) is 0 Å². The summed E-state index contributed by atoms with van der Waals surface area (Å²) in [5, 5.41) is 16.7. The molecule has 1 aromatic carbocycles. The minimum atomic E-state index is 0.0491. The molecule has 0 saturated carbocycles. The van der Waals surface area contributed by atoms with Gasteiger partial charge in [0, 0.05) is 6.07 Å². The molecule has 0 aliphatic heterocycles. The summed E-state index contributed by atoms with van der Waals surface area (Å²) in [6, 6.07) is 4.90. The Kier molecular flexibility index (Phi) is 1.63. The highest BCUT2D eigenvalue weighted by Gasteiger charge is 2.00. The topological polar surface area (TPSA) is 77.0 Å². The van der Waals surface area contributed by atoms with E-state index in [2.05, 4.69) is 10.3 Å². The van der Waals surface area contributed by atoms with Crippen molar-refractivity contribution in [2.75, 3.05) is 5.73 Å². The molecule has 1 aromatic heterocycles. The Hall–Kier alpha value is -2.04. The van der Waals surface area contributed by atoms with Crippen LogP contribution in [0.3, 0.4) is 0 Å². The molecule has 2 rings (SSSR count). The van der Waals surface area contributed by atoms with Crippen LogP contribution in [0.25, 0.3) is 5.69 Å². The van der Waals surface area contributed by atoms with Crippen LogP contribution in [0.5, 0.6) is 5.75 Å². The zero-order valence-corrected chi connectivity index (χ0v) is 6.75. The lowest BCUT2D eigenvalue weighted by molar-refractivity contribution is 0.477. The van der Waals surface area contributed by atoms with E-state index in [0.717, 1.165) is 5.69 Å². The second kappa shape index (κ2) is 2.78. The van der Waals surface area contributed by atoms with Gasteiger partial charge in [0.05, 0.1) is 23.8 Å². The summed E-state index contributed by atoms with van der Waals surface area (Å²) in [4.78, 5) is 0. The summed E-state index contributed by atoms with van der Waals surface area (Å²) in [6.07, 6.45) is 3.25. The largest absolute Gasteiger partial charge is 0.506 e. The molecule has 0 radical (unpaired) electrons. The van der Waals surface area contributed by atoms with Gasteiger partial charge in [-0.3, -0.25) is 0 Å². The molecule has 0 atom stereocenters. The monoisotopic (exact) mass is 176 g/mol. The number of phenols is 1. The Morgan fingerprint density at radius 2 is 2.23 bits per heavy atom. The van der Waals surface area contributed by atoms with Crippen LogP contribution in [-0.4, -0.2) is 20.1 Å². The van der Waals surface area contributed by atoms with Crippen molar-refractivity contribution >= 4 is 5.69 Å². The van der Waals surface area contributed by atoms with E-state index >= 15 is 0 Å². The van der Waals surface area contributed by atoms with E-state index in [1.165, 1.54) is 6.07 Å². The van der Waals surface area contributed by atoms with E-state index in [0.29, 0.717) is 5.69 Å². The molecule has 0 aliphatic carbocycles. The van der Waals surface area contributed by atoms with Crippen LogP contribution in [0.4, 0.5) is 5.69 Å². The summed E-state index contributed by atoms with van der Waals surface area (Å²) < 4.78 is 1.54. The predicted octanol–water partition coefficient (Wildman–Crippen LogP) is 0.555. The van der Waals surface area contributed by atoms with E-state index in [1.54, 1.807) is 29.2 Å². The first-order chi connectivity index (χ1) is 6.27. The third-order valence-electron chi connectivity index (χ3n) is 1.70. The highest BCUT2D eigenvalue weighted by atomic mass is 16.3. The average molecular weight is 176 g/mol. The van der Waals surface area contributed by atoms with Crippen molar-refractivity contribution < 1.29 is 5.11 Å². The first kappa shape index (κ1) is 7.60. The van der Waals surface area contributed by atoms with E-state index in [4.69, 9.17) is 5.73 Å². The standard InChI is InChI=1S/C8H8N4O/c9-7-2-1-6(5-8(7)13)12-4-3-10-11-12/h1-5,13H,9H2. The van der Waals surface area contributed by atoms with Gasteiger partial charge < -0.3 is 10.8 Å². The minimum Gasteiger partial charge on any atom is -0.506 e. The van der Waals surface area contributed by atoms with Gasteiger partial charge in [0.25, 0.3) is 0 Å². The number of nitrogens with zero attached hydrogens (tertiary/aromatic N) is 3. The minimum absolute atomic E-state index is 0.0491. The number of nitrogens with two attached hydrogens (primary N) is 1. The van der Waals surface area contributed by atoms with Gasteiger partial charge in [-0.1, -0.05) is 5.21 Å². The molecule has 0 fully saturated rings. The van der Waals surface area contributed by atoms with Crippen molar-refractivity contribution in [3.8, 4) is 11.4 Å². The second-order valence-electron chi connectivity index (χ2n) is 2.59. The predicted molar refractivity (Wildman–Crippen MR) is 47.4 cm³/mol. The number of hydrogen-bond acceptors (Lipinski definition) is 4. The lowest BCUT2D eigenvalue weighted by atomic mass is 10.2. The molecule has 1 heterocycles. The van der Waals surface area contributed by atoms with Crippen LogP contribution in [-0.2, 0) is 0 Å². The molecule has 3 N–H and O–H groups in total. The molecule has 0 unspecified atom stereocenters. The molecule has 0 spiro atoms. The van der Waals surface area contributed by atoms with Crippen LogP contribution >= 0.6 is 0 Å². The Balaban J connectivity index is 2.49. The molecular weight excluding hydrogens is 168 g/mol. The number of phenolic OH excluding ortho intramolecular Hbond substituents is 1. The SMILES string of the molecule is Nc1ccc(-n2ccnn2)cc1O. The van der Waals surface area contributed by atoms with Crippen molar-refractivity contribution in [2.45, 2.75) is 0 Å². The fourth-order valence-electron chi connectivity index (χ4n) is 1.02. The highest BCUT2D eigenvalue weighted by Crippen LogP contribution is 2.22. The Labute approximate surface area is 74.4 Å². The van der Waals surface area contributed by atoms with Crippen molar-refractivity contribution in [1.29, 1.82) is 0 Å². The maximum atomic E-state index is 9.31. The smallest absolute Gasteiger partial charge is 0.140 e. The van der Waals surface area contributed by atoms with Gasteiger partial charge in [0.15, 0.2) is 0 Å². The van der Waals surface area contributed by atoms with Crippen LogP contribution < -0.4 is 5.73 Å². The van der Waals surface area contributed by atoms with Gasteiger partial charge in [-0.15, -0.1) is 5.10 Å². The van der Waals surface area contributed by atoms with Crippen LogP contribution in [0.15, 0.2) is 30.6 Å². The number of anilines is 1. The zero-order chi connectivity index (χ0) is 9.26. The first-order valence-corrected chi connectivity index (χ1v) is 3.72. The van der Waals surface area contributed by atoms with E-state index < -0.39 is 0 Å². The number of nitrogen functional groups attached to an aromatic ring is 1. The van der Waals surface area contributed by atoms with Crippen LogP contribution in [0.1, 0.15) is 0 Å². The molecule has 0 saturated heterocycles. The summed E-state index contributed by atoms with van der Waals surface area (Å²) >= 11 is 0. The van der Waals surface area contributed by atoms with Gasteiger partial charge in [0.1, 0.15) is 5.75 Å². The number of aromatic nitrogens is 3. The number of benzene rings is 1. The Bertz CT molecular complexity index is 410. The lowest BCUT2D eigenvalue weighted by Crippen LogP contribution is -1.95. The molecule has 0 amide bonds. The average Bonchev–Trinajstić information content (AvgIpc) is 2.62. The molecule has 2 aromatic rings. The quantitative estimate of drug-likeness (QED) is 0.491. The van der Waals surface area contributed by atoms with Crippen LogP contribution in [0.2, 0.25) is 0 Å². The van der Waals surface area contributed by atoms with Crippen LogP contribution in [0, 0.1) is 0 Å². The highest BCUT2D eigenvalue weighted by molar-refractivity contribution is 5.56. The third kappa shape index (κ3) is 1.31. The molecular formula is C8H8N4O. The van der Waals surface area contributed by atoms with Gasteiger partial charge >= 0.3 is 0 Å². The zero-order valence-electron chi connectivity index (χ0n) is 6.75. The van der Waals surface area contributed by atoms with E-state index in [-0.39, 0.29) is 5.75 Å². The Morgan fingerprint density at radius 1 is 1.38 bits per heavy atom. The van der Waals surface area contributed by atoms with Gasteiger partial charge in [-0.25, -0.2) is 4.68 Å². The van der Waals surface area contributed by atoms with Gasteiger partial charge in [-0.05, 0) is 12.1 Å². The fourth-order valence-corrected chi connectivity index (χ4v) is 1.02. The van der Waals surface area contributed by atoms with Crippen molar-refractivity contribution in [1.82, 2.24) is 15.0 Å². The van der Waals surface area contributed by atoms with Gasteiger partial charge in [0.2, 0.25) is 0 Å². The number of aromatic hydroxyl groups is 1. The van der Waals surface area contributed by atoms with E-state index in [1.807, 2.05) is 0 Å². The molecule has 5 nitrogen and oxygen atoms in total. The number of hydrogen-bond donors (Lipinski definition) is 2. The van der Waals surface area contributed by atoms with Crippen molar-refractivity contribution in [2.24, 2.45) is 0 Å². The van der Waals surface area contributed by atoms with Gasteiger partial charge in [-0.2, -0.15) is 0 Å². The Morgan fingerprint density at radius 3 is 2.85 bits per heavy atom.